The fourth-order valence-corrected chi connectivity index (χ4v) is 2.65. The maximum Gasteiger partial charge on any atom is 0.312 e. The van der Waals surface area contributed by atoms with Crippen LogP contribution in [-0.4, -0.2) is 28.6 Å². The second-order valence-electron chi connectivity index (χ2n) is 4.25. The highest BCUT2D eigenvalue weighted by Gasteiger charge is 2.21. The van der Waals surface area contributed by atoms with Crippen molar-refractivity contribution in [2.75, 3.05) is 0 Å². The van der Waals surface area contributed by atoms with E-state index >= 15 is 0 Å². The minimum Gasteiger partial charge on any atom is -0.502 e. The lowest BCUT2D eigenvalue weighted by Crippen LogP contribution is -2.23. The van der Waals surface area contributed by atoms with E-state index in [1.54, 1.807) is 6.92 Å². The quantitative estimate of drug-likeness (QED) is 0.551. The minimum atomic E-state index is -3.93. The summed E-state index contributed by atoms with van der Waals surface area (Å²) < 4.78 is 26.5. The number of aromatic hydroxyl groups is 1. The zero-order valence-corrected chi connectivity index (χ0v) is 11.7. The van der Waals surface area contributed by atoms with Crippen molar-refractivity contribution in [2.24, 2.45) is 0 Å². The normalized spacial score (nSPS) is 11.5. The Morgan fingerprint density at radius 3 is 2.76 bits per heavy atom. The van der Waals surface area contributed by atoms with Gasteiger partial charge in [-0.15, -0.1) is 0 Å². The standard InChI is InChI=1S/C11H12N4O5S/c1-7-8(5-12-14-7)6-13-21(19,20)9-2-3-11(16)10(4-9)15(17)18/h2-5,13,16H,6H2,1H3,(H,12,14). The molecule has 0 spiro atoms. The van der Waals surface area contributed by atoms with Gasteiger partial charge in [-0.05, 0) is 19.1 Å². The summed E-state index contributed by atoms with van der Waals surface area (Å²) in [5, 5.41) is 26.5. The molecular formula is C11H12N4O5S. The molecule has 3 N–H and O–H groups in total. The highest BCUT2D eigenvalue weighted by Crippen LogP contribution is 2.28. The second kappa shape index (κ2) is 5.50. The van der Waals surface area contributed by atoms with Crippen molar-refractivity contribution in [3.8, 4) is 5.75 Å². The van der Waals surface area contributed by atoms with Gasteiger partial charge >= 0.3 is 5.69 Å². The van der Waals surface area contributed by atoms with Crippen molar-refractivity contribution in [2.45, 2.75) is 18.4 Å². The Labute approximate surface area is 119 Å². The highest BCUT2D eigenvalue weighted by atomic mass is 32.2. The molecule has 0 aliphatic carbocycles. The summed E-state index contributed by atoms with van der Waals surface area (Å²) in [6.45, 7) is 1.74. The lowest BCUT2D eigenvalue weighted by Gasteiger charge is -2.06. The first kappa shape index (κ1) is 14.9. The number of nitrogens with one attached hydrogen (secondary N) is 2. The zero-order chi connectivity index (χ0) is 15.6. The lowest BCUT2D eigenvalue weighted by molar-refractivity contribution is -0.386. The number of nitro benzene ring substituents is 1. The second-order valence-corrected chi connectivity index (χ2v) is 6.02. The Bertz CT molecular complexity index is 784. The number of aryl methyl sites for hydroxylation is 1. The fraction of sp³-hybridized carbons (Fsp3) is 0.182. The van der Waals surface area contributed by atoms with E-state index in [1.807, 2.05) is 0 Å². The van der Waals surface area contributed by atoms with Crippen LogP contribution in [0.25, 0.3) is 0 Å². The summed E-state index contributed by atoms with van der Waals surface area (Å²) in [6.07, 6.45) is 1.48. The Kier molecular flexibility index (Phi) is 3.91. The molecule has 0 aliphatic rings. The molecule has 0 fully saturated rings. The van der Waals surface area contributed by atoms with Crippen LogP contribution >= 0.6 is 0 Å². The first-order chi connectivity index (χ1) is 9.81. The van der Waals surface area contributed by atoms with Crippen LogP contribution in [0, 0.1) is 17.0 Å². The van der Waals surface area contributed by atoms with E-state index in [4.69, 9.17) is 0 Å². The molecule has 2 rings (SSSR count). The number of nitrogens with zero attached hydrogens (tertiary/aromatic N) is 2. The molecule has 10 heteroatoms. The van der Waals surface area contributed by atoms with Crippen molar-refractivity contribution in [1.82, 2.24) is 14.9 Å². The Balaban J connectivity index is 2.26. The SMILES string of the molecule is Cc1[nH]ncc1CNS(=O)(=O)c1ccc(O)c([N+](=O)[O-])c1. The Morgan fingerprint density at radius 1 is 1.48 bits per heavy atom. The Morgan fingerprint density at radius 2 is 2.19 bits per heavy atom. The molecule has 2 aromatic rings. The smallest absolute Gasteiger partial charge is 0.312 e. The number of phenols is 1. The summed E-state index contributed by atoms with van der Waals surface area (Å²) in [4.78, 5) is 9.56. The fourth-order valence-electron chi connectivity index (χ4n) is 1.63. The van der Waals surface area contributed by atoms with Gasteiger partial charge in [0.05, 0.1) is 16.0 Å². The van der Waals surface area contributed by atoms with Crippen LogP contribution in [0.1, 0.15) is 11.3 Å². The molecule has 9 nitrogen and oxygen atoms in total. The van der Waals surface area contributed by atoms with Crippen molar-refractivity contribution < 1.29 is 18.4 Å². The number of benzene rings is 1. The number of rotatable bonds is 5. The van der Waals surface area contributed by atoms with Crippen LogP contribution in [-0.2, 0) is 16.6 Å². The molecule has 0 saturated heterocycles. The third-order valence-corrected chi connectivity index (χ3v) is 4.24. The number of H-pyrrole nitrogens is 1. The van der Waals surface area contributed by atoms with Gasteiger partial charge in [-0.25, -0.2) is 13.1 Å². The van der Waals surface area contributed by atoms with Crippen molar-refractivity contribution in [1.29, 1.82) is 0 Å². The predicted octanol–water partition coefficient (Wildman–Crippen LogP) is 0.810. The van der Waals surface area contributed by atoms with Gasteiger partial charge in [0.15, 0.2) is 5.75 Å². The van der Waals surface area contributed by atoms with E-state index in [9.17, 15) is 23.6 Å². The molecule has 1 aromatic carbocycles. The number of aromatic amines is 1. The molecule has 0 aliphatic heterocycles. The average Bonchev–Trinajstić information content (AvgIpc) is 2.82. The van der Waals surface area contributed by atoms with Crippen LogP contribution in [0.4, 0.5) is 5.69 Å². The number of hydrogen-bond acceptors (Lipinski definition) is 6. The van der Waals surface area contributed by atoms with E-state index in [0.717, 1.165) is 23.9 Å². The van der Waals surface area contributed by atoms with Gasteiger partial charge in [0.2, 0.25) is 10.0 Å². The Hall–Kier alpha value is -2.46. The maximum absolute atomic E-state index is 12.1. The van der Waals surface area contributed by atoms with Crippen LogP contribution < -0.4 is 4.72 Å². The summed E-state index contributed by atoms with van der Waals surface area (Å²) in [5.41, 5.74) is 0.707. The number of nitro groups is 1. The zero-order valence-electron chi connectivity index (χ0n) is 10.9. The highest BCUT2D eigenvalue weighted by molar-refractivity contribution is 7.89. The number of aromatic nitrogens is 2. The van der Waals surface area contributed by atoms with Gasteiger partial charge in [0.25, 0.3) is 0 Å². The van der Waals surface area contributed by atoms with Gasteiger partial charge in [0, 0.05) is 23.9 Å². The van der Waals surface area contributed by atoms with Crippen LogP contribution in [0.3, 0.4) is 0 Å². The minimum absolute atomic E-state index is 0.000654. The number of hydrogen-bond donors (Lipinski definition) is 3. The molecule has 0 saturated carbocycles. The van der Waals surface area contributed by atoms with Gasteiger partial charge in [-0.3, -0.25) is 15.2 Å². The van der Waals surface area contributed by atoms with E-state index in [0.29, 0.717) is 5.56 Å². The molecule has 21 heavy (non-hydrogen) atoms. The van der Waals surface area contributed by atoms with E-state index in [2.05, 4.69) is 14.9 Å². The van der Waals surface area contributed by atoms with Gasteiger partial charge in [0.1, 0.15) is 0 Å². The largest absolute Gasteiger partial charge is 0.502 e. The van der Waals surface area contributed by atoms with Crippen molar-refractivity contribution in [3.63, 3.8) is 0 Å². The van der Waals surface area contributed by atoms with Crippen molar-refractivity contribution in [3.05, 3.63) is 45.8 Å². The topological polar surface area (TPSA) is 138 Å². The summed E-state index contributed by atoms with van der Waals surface area (Å²) in [6, 6.07) is 2.86. The molecule has 1 aromatic heterocycles. The molecule has 1 heterocycles. The van der Waals surface area contributed by atoms with Crippen LogP contribution in [0.2, 0.25) is 0 Å². The van der Waals surface area contributed by atoms with Gasteiger partial charge in [-0.2, -0.15) is 5.10 Å². The van der Waals surface area contributed by atoms with E-state index in [-0.39, 0.29) is 11.4 Å². The van der Waals surface area contributed by atoms with Crippen LogP contribution in [0.15, 0.2) is 29.3 Å². The van der Waals surface area contributed by atoms with Crippen LogP contribution in [0.5, 0.6) is 5.75 Å². The predicted molar refractivity (Wildman–Crippen MR) is 72.1 cm³/mol. The number of phenolic OH excluding ortho intramolecular Hbond substituents is 1. The van der Waals surface area contributed by atoms with Gasteiger partial charge < -0.3 is 5.11 Å². The van der Waals surface area contributed by atoms with Gasteiger partial charge in [-0.1, -0.05) is 0 Å². The van der Waals surface area contributed by atoms with E-state index in [1.165, 1.54) is 6.20 Å². The first-order valence-electron chi connectivity index (χ1n) is 5.77. The monoisotopic (exact) mass is 312 g/mol. The molecule has 0 bridgehead atoms. The molecule has 0 unspecified atom stereocenters. The molecule has 0 amide bonds. The third kappa shape index (κ3) is 3.17. The summed E-state index contributed by atoms with van der Waals surface area (Å²) >= 11 is 0. The molecular weight excluding hydrogens is 300 g/mol. The lowest BCUT2D eigenvalue weighted by atomic mass is 10.3. The number of sulfonamides is 1. The molecule has 0 atom stereocenters. The molecule has 0 radical (unpaired) electrons. The third-order valence-electron chi connectivity index (χ3n) is 2.84. The van der Waals surface area contributed by atoms with Crippen molar-refractivity contribution >= 4 is 15.7 Å². The first-order valence-corrected chi connectivity index (χ1v) is 7.25. The van der Waals surface area contributed by atoms with E-state index < -0.39 is 26.4 Å². The average molecular weight is 312 g/mol. The maximum atomic E-state index is 12.1. The summed E-state index contributed by atoms with van der Waals surface area (Å²) in [5.74, 6) is -0.593. The summed E-state index contributed by atoms with van der Waals surface area (Å²) in [7, 11) is -3.93. The molecule has 112 valence electrons.